The molecule has 0 saturated carbocycles. The molecule has 1 heterocycles. The average molecular weight is 125 g/mol. The molecule has 1 N–H and O–H groups in total. The Kier molecular flexibility index (Phi) is 1.79. The minimum absolute atomic E-state index is 0.769. The van der Waals surface area contributed by atoms with Crippen molar-refractivity contribution in [3.05, 3.63) is 11.8 Å². The van der Waals surface area contributed by atoms with Gasteiger partial charge in [0.2, 0.25) is 0 Å². The van der Waals surface area contributed by atoms with Crippen molar-refractivity contribution in [1.29, 1.82) is 0 Å². The van der Waals surface area contributed by atoms with Gasteiger partial charge in [0.05, 0.1) is 0 Å². The molecule has 0 aromatic carbocycles. The van der Waals surface area contributed by atoms with Gasteiger partial charge in [-0.15, -0.1) is 0 Å². The summed E-state index contributed by atoms with van der Waals surface area (Å²) >= 11 is 0. The van der Waals surface area contributed by atoms with Crippen LogP contribution in [0.4, 0.5) is 0 Å². The van der Waals surface area contributed by atoms with Gasteiger partial charge in [0.25, 0.3) is 0 Å². The number of hydrogen-bond donors (Lipinski definition) is 1. The monoisotopic (exact) mass is 125 g/mol. The summed E-state index contributed by atoms with van der Waals surface area (Å²) in [7, 11) is 0. The van der Waals surface area contributed by atoms with Gasteiger partial charge in [-0.3, -0.25) is 0 Å². The fraction of sp³-hybridized carbons (Fsp3) is 0.750. The molecule has 0 spiro atoms. The van der Waals surface area contributed by atoms with Gasteiger partial charge in [-0.05, 0) is 18.8 Å². The standard InChI is InChI=1S/C8H15N/c1-6(2)8-4-7(3)9-5-8/h4,6,8-9H,5H2,1-3H3. The van der Waals surface area contributed by atoms with E-state index < -0.39 is 0 Å². The highest BCUT2D eigenvalue weighted by Gasteiger charge is 2.14. The minimum atomic E-state index is 0.769. The molecule has 1 unspecified atom stereocenters. The van der Waals surface area contributed by atoms with Crippen LogP contribution in [0.2, 0.25) is 0 Å². The highest BCUT2D eigenvalue weighted by molar-refractivity contribution is 5.07. The fourth-order valence-corrected chi connectivity index (χ4v) is 1.15. The van der Waals surface area contributed by atoms with E-state index in [4.69, 9.17) is 0 Å². The SMILES string of the molecule is CC1=CC(C(C)C)CN1. The first-order chi connectivity index (χ1) is 4.20. The summed E-state index contributed by atoms with van der Waals surface area (Å²) in [5.74, 6) is 1.56. The molecular formula is C8H15N. The lowest BCUT2D eigenvalue weighted by Crippen LogP contribution is -2.14. The van der Waals surface area contributed by atoms with Gasteiger partial charge < -0.3 is 5.32 Å². The molecule has 9 heavy (non-hydrogen) atoms. The maximum atomic E-state index is 3.31. The first-order valence-corrected chi connectivity index (χ1v) is 3.62. The van der Waals surface area contributed by atoms with Crippen LogP contribution in [0.3, 0.4) is 0 Å². The molecule has 0 radical (unpaired) electrons. The van der Waals surface area contributed by atoms with Crippen LogP contribution in [0.25, 0.3) is 0 Å². The van der Waals surface area contributed by atoms with E-state index in [0.717, 1.165) is 18.4 Å². The van der Waals surface area contributed by atoms with E-state index in [1.807, 2.05) is 0 Å². The maximum Gasteiger partial charge on any atom is 0.0209 e. The summed E-state index contributed by atoms with van der Waals surface area (Å²) < 4.78 is 0. The van der Waals surface area contributed by atoms with Crippen molar-refractivity contribution < 1.29 is 0 Å². The van der Waals surface area contributed by atoms with Crippen LogP contribution in [0, 0.1) is 11.8 Å². The number of hydrogen-bond acceptors (Lipinski definition) is 1. The van der Waals surface area contributed by atoms with Crippen molar-refractivity contribution >= 4 is 0 Å². The Labute approximate surface area is 57.1 Å². The van der Waals surface area contributed by atoms with Crippen LogP contribution >= 0.6 is 0 Å². The van der Waals surface area contributed by atoms with Crippen LogP contribution in [-0.4, -0.2) is 6.54 Å². The Balaban J connectivity index is 2.47. The Bertz CT molecular complexity index is 125. The zero-order valence-electron chi connectivity index (χ0n) is 6.44. The van der Waals surface area contributed by atoms with Crippen LogP contribution in [0.5, 0.6) is 0 Å². The van der Waals surface area contributed by atoms with Gasteiger partial charge in [-0.25, -0.2) is 0 Å². The molecule has 52 valence electrons. The zero-order valence-corrected chi connectivity index (χ0v) is 6.44. The van der Waals surface area contributed by atoms with Gasteiger partial charge in [0.15, 0.2) is 0 Å². The van der Waals surface area contributed by atoms with Gasteiger partial charge in [-0.2, -0.15) is 0 Å². The molecule has 0 saturated heterocycles. The quantitative estimate of drug-likeness (QED) is 0.563. The van der Waals surface area contributed by atoms with Crippen LogP contribution in [0.15, 0.2) is 11.8 Å². The van der Waals surface area contributed by atoms with Crippen molar-refractivity contribution in [1.82, 2.24) is 5.32 Å². The van der Waals surface area contributed by atoms with Crippen molar-refractivity contribution in [3.63, 3.8) is 0 Å². The molecule has 1 nitrogen and oxygen atoms in total. The molecule has 0 aromatic rings. The first-order valence-electron chi connectivity index (χ1n) is 3.62. The normalized spacial score (nSPS) is 26.2. The largest absolute Gasteiger partial charge is 0.388 e. The van der Waals surface area contributed by atoms with Crippen LogP contribution in [-0.2, 0) is 0 Å². The lowest BCUT2D eigenvalue weighted by Gasteiger charge is -2.09. The zero-order chi connectivity index (χ0) is 6.85. The van der Waals surface area contributed by atoms with E-state index in [-0.39, 0.29) is 0 Å². The molecule has 1 heteroatoms. The second kappa shape index (κ2) is 2.42. The van der Waals surface area contributed by atoms with Crippen molar-refractivity contribution in [2.75, 3.05) is 6.54 Å². The van der Waals surface area contributed by atoms with E-state index in [1.54, 1.807) is 0 Å². The molecule has 0 aliphatic carbocycles. The third kappa shape index (κ3) is 1.47. The highest BCUT2D eigenvalue weighted by Crippen LogP contribution is 2.17. The van der Waals surface area contributed by atoms with Gasteiger partial charge in [-0.1, -0.05) is 19.9 Å². The summed E-state index contributed by atoms with van der Waals surface area (Å²) in [4.78, 5) is 0. The molecule has 1 rings (SSSR count). The molecule has 0 aromatic heterocycles. The van der Waals surface area contributed by atoms with Crippen molar-refractivity contribution in [2.24, 2.45) is 11.8 Å². The number of nitrogens with one attached hydrogen (secondary N) is 1. The molecule has 0 bridgehead atoms. The number of allylic oxidation sites excluding steroid dienone is 1. The average Bonchev–Trinajstić information content (AvgIpc) is 2.14. The smallest absolute Gasteiger partial charge is 0.0209 e. The van der Waals surface area contributed by atoms with Gasteiger partial charge >= 0.3 is 0 Å². The van der Waals surface area contributed by atoms with E-state index in [1.165, 1.54) is 5.70 Å². The fourth-order valence-electron chi connectivity index (χ4n) is 1.15. The predicted molar refractivity (Wildman–Crippen MR) is 40.1 cm³/mol. The summed E-state index contributed by atoms with van der Waals surface area (Å²) in [6.45, 7) is 7.80. The lowest BCUT2D eigenvalue weighted by atomic mass is 9.97. The Morgan fingerprint density at radius 3 is 2.56 bits per heavy atom. The molecule has 1 aliphatic rings. The second-order valence-electron chi connectivity index (χ2n) is 3.14. The summed E-state index contributed by atoms with van der Waals surface area (Å²) in [5.41, 5.74) is 1.34. The molecule has 0 amide bonds. The second-order valence-corrected chi connectivity index (χ2v) is 3.14. The molecular weight excluding hydrogens is 110 g/mol. The molecule has 1 aliphatic heterocycles. The predicted octanol–water partition coefficient (Wildman–Crippen LogP) is 1.77. The molecule has 1 atom stereocenters. The van der Waals surface area contributed by atoms with Gasteiger partial charge in [0.1, 0.15) is 0 Å². The third-order valence-electron chi connectivity index (χ3n) is 1.94. The van der Waals surface area contributed by atoms with Gasteiger partial charge in [0, 0.05) is 12.2 Å². The van der Waals surface area contributed by atoms with E-state index in [0.29, 0.717) is 0 Å². The van der Waals surface area contributed by atoms with E-state index in [2.05, 4.69) is 32.2 Å². The number of rotatable bonds is 1. The Morgan fingerprint density at radius 1 is 1.67 bits per heavy atom. The molecule has 0 fully saturated rings. The van der Waals surface area contributed by atoms with Crippen LogP contribution in [0.1, 0.15) is 20.8 Å². The summed E-state index contributed by atoms with van der Waals surface area (Å²) in [6.07, 6.45) is 2.32. The first kappa shape index (κ1) is 6.66. The van der Waals surface area contributed by atoms with Crippen molar-refractivity contribution in [2.45, 2.75) is 20.8 Å². The summed E-state index contributed by atoms with van der Waals surface area (Å²) in [5, 5.41) is 3.31. The third-order valence-corrected chi connectivity index (χ3v) is 1.94. The minimum Gasteiger partial charge on any atom is -0.388 e. The lowest BCUT2D eigenvalue weighted by molar-refractivity contribution is 0.476. The van der Waals surface area contributed by atoms with E-state index in [9.17, 15) is 0 Å². The Hall–Kier alpha value is -0.460. The summed E-state index contributed by atoms with van der Waals surface area (Å²) in [6, 6.07) is 0. The Morgan fingerprint density at radius 2 is 2.33 bits per heavy atom. The topological polar surface area (TPSA) is 12.0 Å². The maximum absolute atomic E-state index is 3.31. The highest BCUT2D eigenvalue weighted by atomic mass is 14.9. The van der Waals surface area contributed by atoms with E-state index >= 15 is 0 Å². The van der Waals surface area contributed by atoms with Crippen LogP contribution < -0.4 is 5.32 Å². The van der Waals surface area contributed by atoms with Crippen molar-refractivity contribution in [3.8, 4) is 0 Å².